The first-order valence-electron chi connectivity index (χ1n) is 21.0. The Bertz CT molecular complexity index is 2250. The largest absolute Gasteiger partial charge is 0.508 e. The summed E-state index contributed by atoms with van der Waals surface area (Å²) in [5.41, 5.74) is 9.78. The minimum atomic E-state index is -1.04. The Morgan fingerprint density at radius 3 is 2.67 bits per heavy atom. The number of aryl methyl sites for hydroxylation is 1. The highest BCUT2D eigenvalue weighted by molar-refractivity contribution is 5.95. The lowest BCUT2D eigenvalue weighted by molar-refractivity contribution is -0.155. The maximum Gasteiger partial charge on any atom is 0.324 e. The number of nitrogens with one attached hydrogen (secondary N) is 2. The number of amides is 3. The molecule has 1 saturated heterocycles. The standard InChI is InChI=1S/C47H60N6O7/c1-9-42(55)51(7)20-17-34(29(3)4)44(56)49-39-23-30-21-32(24-33(54)22-30)31-15-16-41-36(25-31)37(43(52(41)10-2)35-13-11-18-48-40(35)27-59-8)26-47(5,6)28-60-46(58)38-14-12-19-53(50-38)45(39)57/h9,11,13,15-16,18,21-22,24-25,29,34,38-39,50,54H,1,10,12,14,17,19-20,23,26-28H2,2-8H3,(H,49,56)/t34-,38-,39-/m0/s1. The molecule has 0 unspecified atom stereocenters. The fourth-order valence-corrected chi connectivity index (χ4v) is 8.56. The first-order chi connectivity index (χ1) is 28.6. The number of methoxy groups -OCH3 is 1. The van der Waals surface area contributed by atoms with Gasteiger partial charge in [-0.1, -0.05) is 46.4 Å². The molecule has 4 heterocycles. The number of rotatable bonds is 11. The molecule has 3 atom stereocenters. The maximum atomic E-state index is 14.5. The number of carbonyl (C=O) groups is 4. The van der Waals surface area contributed by atoms with E-state index in [1.165, 1.54) is 16.0 Å². The van der Waals surface area contributed by atoms with Crippen molar-refractivity contribution in [2.45, 2.75) is 92.0 Å². The third kappa shape index (κ3) is 9.74. The van der Waals surface area contributed by atoms with E-state index < -0.39 is 35.3 Å². The molecule has 13 nitrogen and oxygen atoms in total. The van der Waals surface area contributed by atoms with Gasteiger partial charge in [-0.15, -0.1) is 0 Å². The molecular weight excluding hydrogens is 761 g/mol. The van der Waals surface area contributed by atoms with Crippen molar-refractivity contribution in [3.05, 3.63) is 84.2 Å². The second kappa shape index (κ2) is 18.8. The predicted molar refractivity (Wildman–Crippen MR) is 231 cm³/mol. The number of aromatic nitrogens is 2. The average Bonchev–Trinajstić information content (AvgIpc) is 3.52. The summed E-state index contributed by atoms with van der Waals surface area (Å²) in [4.78, 5) is 60.8. The number of nitrogens with zero attached hydrogens (tertiary/aromatic N) is 4. The van der Waals surface area contributed by atoms with Crippen molar-refractivity contribution in [2.75, 3.05) is 33.9 Å². The van der Waals surface area contributed by atoms with Crippen molar-refractivity contribution in [3.63, 3.8) is 0 Å². The number of carbonyl (C=O) groups excluding carboxylic acids is 4. The van der Waals surface area contributed by atoms with Crippen LogP contribution in [-0.2, 0) is 54.6 Å². The lowest BCUT2D eigenvalue weighted by Crippen LogP contribution is -2.61. The number of hydrazine groups is 1. The number of ether oxygens (including phenoxy) is 2. The molecule has 320 valence electrons. The second-order valence-electron chi connectivity index (χ2n) is 17.3. The van der Waals surface area contributed by atoms with Gasteiger partial charge in [0.1, 0.15) is 17.8 Å². The molecule has 0 aliphatic carbocycles. The molecule has 0 saturated carbocycles. The first-order valence-corrected chi connectivity index (χ1v) is 21.0. The molecule has 2 aromatic carbocycles. The fourth-order valence-electron chi connectivity index (χ4n) is 8.56. The van der Waals surface area contributed by atoms with Gasteiger partial charge < -0.3 is 29.4 Å². The molecule has 2 aromatic heterocycles. The van der Waals surface area contributed by atoms with Crippen molar-refractivity contribution in [3.8, 4) is 28.1 Å². The van der Waals surface area contributed by atoms with Crippen LogP contribution in [0.3, 0.4) is 0 Å². The molecule has 2 aliphatic heterocycles. The number of pyridine rings is 1. The van der Waals surface area contributed by atoms with Gasteiger partial charge in [0.2, 0.25) is 11.8 Å². The van der Waals surface area contributed by atoms with Crippen molar-refractivity contribution in [1.29, 1.82) is 0 Å². The average molecular weight is 821 g/mol. The smallest absolute Gasteiger partial charge is 0.324 e. The summed E-state index contributed by atoms with van der Waals surface area (Å²) >= 11 is 0. The quantitative estimate of drug-likeness (QED) is 0.119. The van der Waals surface area contributed by atoms with Crippen LogP contribution in [0.25, 0.3) is 33.3 Å². The molecule has 13 heteroatoms. The van der Waals surface area contributed by atoms with E-state index in [1.807, 2.05) is 32.0 Å². The monoisotopic (exact) mass is 820 g/mol. The van der Waals surface area contributed by atoms with Gasteiger partial charge in [-0.05, 0) is 103 Å². The summed E-state index contributed by atoms with van der Waals surface area (Å²) in [6.07, 6.45) is 5.05. The van der Waals surface area contributed by atoms with Crippen LogP contribution >= 0.6 is 0 Å². The van der Waals surface area contributed by atoms with Crippen LogP contribution in [0.1, 0.15) is 70.7 Å². The number of aromatic hydroxyl groups is 1. The van der Waals surface area contributed by atoms with Gasteiger partial charge in [0, 0.05) is 74.2 Å². The van der Waals surface area contributed by atoms with E-state index in [-0.39, 0.29) is 36.5 Å². The van der Waals surface area contributed by atoms with Crippen LogP contribution in [-0.4, -0.2) is 94.2 Å². The van der Waals surface area contributed by atoms with E-state index in [0.717, 1.165) is 44.5 Å². The zero-order chi connectivity index (χ0) is 43.3. The lowest BCUT2D eigenvalue weighted by Gasteiger charge is -2.36. The summed E-state index contributed by atoms with van der Waals surface area (Å²) in [5, 5.41) is 16.7. The molecule has 0 spiro atoms. The number of esters is 1. The van der Waals surface area contributed by atoms with Gasteiger partial charge in [-0.2, -0.15) is 0 Å². The first kappa shape index (κ1) is 44.0. The number of phenols is 1. The van der Waals surface area contributed by atoms with Gasteiger partial charge in [-0.25, -0.2) is 5.43 Å². The molecule has 0 radical (unpaired) electrons. The minimum absolute atomic E-state index is 0.0242. The summed E-state index contributed by atoms with van der Waals surface area (Å²) < 4.78 is 14.0. The Hall–Kier alpha value is -5.53. The number of fused-ring (bicyclic) bond motifs is 6. The number of phenolic OH excluding ortho intramolecular Hbond substituents is 1. The SMILES string of the molecule is C=CC(=O)N(C)CC[C@H](C(=O)N[C@H]1Cc2cc(O)cc(c2)-c2ccc3c(c2)c(c(-c2cccnc2COC)n3CC)CC(C)(C)COC(=O)[C@@H]2CCCN(N2)C1=O)C(C)C. The molecule has 3 amide bonds. The van der Waals surface area contributed by atoms with Gasteiger partial charge in [0.15, 0.2) is 0 Å². The molecule has 1 fully saturated rings. The van der Waals surface area contributed by atoms with Crippen LogP contribution in [0.5, 0.6) is 5.75 Å². The Morgan fingerprint density at radius 1 is 1.17 bits per heavy atom. The number of cyclic esters (lactones) is 1. The van der Waals surface area contributed by atoms with Gasteiger partial charge >= 0.3 is 5.97 Å². The highest BCUT2D eigenvalue weighted by Crippen LogP contribution is 2.41. The lowest BCUT2D eigenvalue weighted by atomic mass is 9.84. The summed E-state index contributed by atoms with van der Waals surface area (Å²) in [6, 6.07) is 13.7. The van der Waals surface area contributed by atoms with Gasteiger partial charge in [-0.3, -0.25) is 29.2 Å². The van der Waals surface area contributed by atoms with Crippen LogP contribution < -0.4 is 10.7 Å². The highest BCUT2D eigenvalue weighted by atomic mass is 16.5. The van der Waals surface area contributed by atoms with E-state index in [1.54, 1.807) is 32.5 Å². The third-order valence-corrected chi connectivity index (χ3v) is 11.7. The summed E-state index contributed by atoms with van der Waals surface area (Å²) in [7, 11) is 3.32. The van der Waals surface area contributed by atoms with E-state index in [4.69, 9.17) is 14.5 Å². The Kier molecular flexibility index (Phi) is 13.8. The minimum Gasteiger partial charge on any atom is -0.508 e. The molecular formula is C47H60N6O7. The Balaban J connectivity index is 1.47. The van der Waals surface area contributed by atoms with Gasteiger partial charge in [0.25, 0.3) is 5.91 Å². The summed E-state index contributed by atoms with van der Waals surface area (Å²) in [6.45, 7) is 15.5. The van der Waals surface area contributed by atoms with E-state index >= 15 is 0 Å². The van der Waals surface area contributed by atoms with Gasteiger partial charge in [0.05, 0.1) is 24.6 Å². The molecule has 6 bridgehead atoms. The number of hydrogen-bond donors (Lipinski definition) is 3. The number of likely N-dealkylation sites (N-methyl/N-ethyl adjacent to an activating group) is 1. The Morgan fingerprint density at radius 2 is 1.95 bits per heavy atom. The number of hydrogen-bond acceptors (Lipinski definition) is 9. The fraction of sp³-hybridized carbons (Fsp3) is 0.468. The third-order valence-electron chi connectivity index (χ3n) is 11.7. The topological polar surface area (TPSA) is 155 Å². The van der Waals surface area contributed by atoms with Crippen LogP contribution in [0, 0.1) is 17.3 Å². The molecule has 4 aromatic rings. The van der Waals surface area contributed by atoms with Crippen LogP contribution in [0.15, 0.2) is 67.4 Å². The highest BCUT2D eigenvalue weighted by Gasteiger charge is 2.36. The van der Waals surface area contributed by atoms with E-state index in [2.05, 4.69) is 60.9 Å². The maximum absolute atomic E-state index is 14.5. The van der Waals surface area contributed by atoms with E-state index in [9.17, 15) is 24.3 Å². The Labute approximate surface area is 353 Å². The van der Waals surface area contributed by atoms with Crippen molar-refractivity contribution >= 4 is 34.6 Å². The molecule has 2 aliphatic rings. The van der Waals surface area contributed by atoms with Crippen molar-refractivity contribution < 1.29 is 33.8 Å². The zero-order valence-corrected chi connectivity index (χ0v) is 36.0. The van der Waals surface area contributed by atoms with E-state index in [0.29, 0.717) is 57.5 Å². The molecule has 3 N–H and O–H groups in total. The molecule has 60 heavy (non-hydrogen) atoms. The van der Waals surface area contributed by atoms with Crippen LogP contribution in [0.2, 0.25) is 0 Å². The molecule has 6 rings (SSSR count). The summed E-state index contributed by atoms with van der Waals surface area (Å²) in [5.74, 6) is -2.00. The second-order valence-corrected chi connectivity index (χ2v) is 17.3. The van der Waals surface area contributed by atoms with Crippen molar-refractivity contribution in [2.24, 2.45) is 17.3 Å². The van der Waals surface area contributed by atoms with Crippen molar-refractivity contribution in [1.82, 2.24) is 30.2 Å². The normalized spacial score (nSPS) is 18.8. The predicted octanol–water partition coefficient (Wildman–Crippen LogP) is 6.20. The van der Waals surface area contributed by atoms with Crippen LogP contribution in [0.4, 0.5) is 0 Å². The zero-order valence-electron chi connectivity index (χ0n) is 36.0. The number of benzene rings is 2.